The number of benzene rings is 1. The van der Waals surface area contributed by atoms with Crippen LogP contribution in [-0.2, 0) is 9.53 Å². The number of nitrogens with zero attached hydrogens (tertiary/aromatic N) is 4. The monoisotopic (exact) mass is 408 g/mol. The van der Waals surface area contributed by atoms with Crippen LogP contribution < -0.4 is 4.90 Å². The molecule has 2 aromatic rings. The van der Waals surface area contributed by atoms with Crippen LogP contribution in [0.25, 0.3) is 11.0 Å². The summed E-state index contributed by atoms with van der Waals surface area (Å²) in [5.41, 5.74) is 1.86. The van der Waals surface area contributed by atoms with Crippen molar-refractivity contribution in [2.75, 3.05) is 24.6 Å². The highest BCUT2D eigenvalue weighted by Crippen LogP contribution is 2.32. The van der Waals surface area contributed by atoms with E-state index in [0.29, 0.717) is 41.4 Å². The number of carbonyl (C=O) groups is 1. The Balaban J connectivity index is 1.99. The molecule has 1 fully saturated rings. The van der Waals surface area contributed by atoms with Gasteiger partial charge in [0, 0.05) is 13.1 Å². The maximum atomic E-state index is 12.9. The minimum Gasteiger partial charge on any atom is -0.464 e. The van der Waals surface area contributed by atoms with Crippen LogP contribution in [0.2, 0.25) is 0 Å². The molecule has 1 aliphatic heterocycles. The third-order valence-electron chi connectivity index (χ3n) is 6.00. The summed E-state index contributed by atoms with van der Waals surface area (Å²) in [6.45, 7) is 10.6. The lowest BCUT2D eigenvalue weighted by molar-refractivity contribution is -0.145. The fraction of sp³-hybridized carbons (Fsp3) is 0.583. The van der Waals surface area contributed by atoms with Crippen LogP contribution in [0.3, 0.4) is 0 Å². The Bertz CT molecular complexity index is 909. The summed E-state index contributed by atoms with van der Waals surface area (Å²) in [6, 6.07) is 9.73. The van der Waals surface area contributed by atoms with E-state index in [-0.39, 0.29) is 0 Å². The molecule has 0 bridgehead atoms. The largest absolute Gasteiger partial charge is 0.464 e. The quantitative estimate of drug-likeness (QED) is 0.618. The minimum atomic E-state index is -1.08. The average molecular weight is 409 g/mol. The van der Waals surface area contributed by atoms with E-state index in [1.807, 2.05) is 24.3 Å². The van der Waals surface area contributed by atoms with Crippen molar-refractivity contribution in [2.24, 2.45) is 17.8 Å². The number of anilines is 1. The van der Waals surface area contributed by atoms with Crippen LogP contribution >= 0.6 is 0 Å². The van der Waals surface area contributed by atoms with Crippen LogP contribution in [0.15, 0.2) is 24.3 Å². The Hall–Kier alpha value is -2.68. The van der Waals surface area contributed by atoms with E-state index in [4.69, 9.17) is 14.7 Å². The van der Waals surface area contributed by atoms with Crippen molar-refractivity contribution >= 4 is 22.8 Å². The third-order valence-corrected chi connectivity index (χ3v) is 6.00. The summed E-state index contributed by atoms with van der Waals surface area (Å²) < 4.78 is 5.54. The molecule has 2 heterocycles. The minimum absolute atomic E-state index is 0.305. The van der Waals surface area contributed by atoms with Crippen molar-refractivity contribution in [3.8, 4) is 6.07 Å². The number of para-hydroxylation sites is 2. The number of carbonyl (C=O) groups excluding carboxylic acids is 1. The van der Waals surface area contributed by atoms with Crippen LogP contribution in [0.1, 0.15) is 58.6 Å². The molecule has 3 atom stereocenters. The first-order valence-corrected chi connectivity index (χ1v) is 11.0. The zero-order chi connectivity index (χ0) is 21.7. The first kappa shape index (κ1) is 22.0. The van der Waals surface area contributed by atoms with E-state index in [2.05, 4.69) is 38.7 Å². The Morgan fingerprint density at radius 3 is 2.33 bits per heavy atom. The molecule has 0 amide bonds. The molecule has 6 heteroatoms. The Kier molecular flexibility index (Phi) is 7.25. The smallest absolute Gasteiger partial charge is 0.329 e. The van der Waals surface area contributed by atoms with Crippen molar-refractivity contribution < 1.29 is 9.53 Å². The molecule has 0 radical (unpaired) electrons. The zero-order valence-corrected chi connectivity index (χ0v) is 18.5. The molecule has 1 aliphatic rings. The topological polar surface area (TPSA) is 79.1 Å². The van der Waals surface area contributed by atoms with Gasteiger partial charge in [-0.3, -0.25) is 4.79 Å². The summed E-state index contributed by atoms with van der Waals surface area (Å²) in [5.74, 6) is 0.346. The first-order valence-electron chi connectivity index (χ1n) is 11.0. The molecule has 6 nitrogen and oxygen atoms in total. The third kappa shape index (κ3) is 4.89. The van der Waals surface area contributed by atoms with E-state index in [1.165, 1.54) is 0 Å². The average Bonchev–Trinajstić information content (AvgIpc) is 2.73. The van der Waals surface area contributed by atoms with E-state index in [0.717, 1.165) is 37.9 Å². The van der Waals surface area contributed by atoms with Crippen molar-refractivity contribution in [3.63, 3.8) is 0 Å². The number of aromatic nitrogens is 2. The fourth-order valence-corrected chi connectivity index (χ4v) is 4.30. The number of hydrogen-bond donors (Lipinski definition) is 0. The summed E-state index contributed by atoms with van der Waals surface area (Å²) in [6.07, 6.45) is 3.03. The normalized spacial score (nSPS) is 20.2. The Morgan fingerprint density at radius 1 is 1.17 bits per heavy atom. The molecular formula is C24H32N4O2. The van der Waals surface area contributed by atoms with Crippen LogP contribution in [0.5, 0.6) is 0 Å². The molecular weight excluding hydrogens is 376 g/mol. The zero-order valence-electron chi connectivity index (χ0n) is 18.5. The molecule has 0 aliphatic carbocycles. The number of ether oxygens (including phenoxy) is 1. The predicted octanol–water partition coefficient (Wildman–Crippen LogP) is 4.70. The van der Waals surface area contributed by atoms with E-state index in [1.54, 1.807) is 0 Å². The number of hydrogen-bond acceptors (Lipinski definition) is 6. The molecule has 0 saturated carbocycles. The number of fused-ring (bicyclic) bond motifs is 1. The second-order valence-corrected chi connectivity index (χ2v) is 8.65. The van der Waals surface area contributed by atoms with Crippen molar-refractivity contribution in [1.82, 2.24) is 9.97 Å². The molecule has 160 valence electrons. The summed E-state index contributed by atoms with van der Waals surface area (Å²) in [7, 11) is 0. The van der Waals surface area contributed by atoms with E-state index in [9.17, 15) is 10.1 Å². The van der Waals surface area contributed by atoms with Gasteiger partial charge in [0.2, 0.25) is 0 Å². The van der Waals surface area contributed by atoms with Gasteiger partial charge in [0.25, 0.3) is 0 Å². The Labute approximate surface area is 179 Å². The maximum Gasteiger partial charge on any atom is 0.329 e. The second kappa shape index (κ2) is 9.88. The van der Waals surface area contributed by atoms with Crippen LogP contribution in [0.4, 0.5) is 5.82 Å². The lowest BCUT2D eigenvalue weighted by Crippen LogP contribution is -2.40. The van der Waals surface area contributed by atoms with E-state index < -0.39 is 11.9 Å². The number of piperidine rings is 1. The van der Waals surface area contributed by atoms with Crippen LogP contribution in [0, 0.1) is 29.1 Å². The maximum absolute atomic E-state index is 12.9. The van der Waals surface area contributed by atoms with Gasteiger partial charge in [-0.15, -0.1) is 0 Å². The highest BCUT2D eigenvalue weighted by molar-refractivity contribution is 5.85. The highest BCUT2D eigenvalue weighted by Gasteiger charge is 2.32. The molecule has 0 unspecified atom stereocenters. The number of nitriles is 1. The van der Waals surface area contributed by atoms with Gasteiger partial charge < -0.3 is 9.64 Å². The molecule has 1 aromatic heterocycles. The van der Waals surface area contributed by atoms with Gasteiger partial charge >= 0.3 is 5.97 Å². The van der Waals surface area contributed by atoms with Gasteiger partial charge in [0.1, 0.15) is 5.69 Å². The lowest BCUT2D eigenvalue weighted by atomic mass is 9.91. The van der Waals surface area contributed by atoms with Crippen molar-refractivity contribution in [3.05, 3.63) is 30.0 Å². The van der Waals surface area contributed by atoms with Gasteiger partial charge in [0.05, 0.1) is 23.7 Å². The van der Waals surface area contributed by atoms with Crippen molar-refractivity contribution in [2.45, 2.75) is 52.9 Å². The van der Waals surface area contributed by atoms with Gasteiger partial charge in [-0.1, -0.05) is 52.7 Å². The molecule has 1 aromatic carbocycles. The summed E-state index contributed by atoms with van der Waals surface area (Å²) in [4.78, 5) is 24.7. The van der Waals surface area contributed by atoms with Gasteiger partial charge in [0.15, 0.2) is 11.7 Å². The number of rotatable bonds is 7. The molecule has 3 rings (SSSR count). The lowest BCUT2D eigenvalue weighted by Gasteiger charge is -2.36. The summed E-state index contributed by atoms with van der Waals surface area (Å²) in [5, 5.41) is 9.89. The summed E-state index contributed by atoms with van der Waals surface area (Å²) >= 11 is 0. The fourth-order valence-electron chi connectivity index (χ4n) is 4.30. The Morgan fingerprint density at radius 2 is 1.77 bits per heavy atom. The molecule has 1 saturated heterocycles. The molecule has 0 spiro atoms. The van der Waals surface area contributed by atoms with Crippen molar-refractivity contribution in [1.29, 1.82) is 5.26 Å². The SMILES string of the molecule is CCC(CC)COC(=O)[C@H](C#N)c1nc2ccccc2nc1N1C[C@H](C)C[C@@H](C)C1. The van der Waals surface area contributed by atoms with Gasteiger partial charge in [-0.05, 0) is 36.3 Å². The number of esters is 1. The highest BCUT2D eigenvalue weighted by atomic mass is 16.5. The molecule has 30 heavy (non-hydrogen) atoms. The second-order valence-electron chi connectivity index (χ2n) is 8.65. The first-order chi connectivity index (χ1) is 14.5. The van der Waals surface area contributed by atoms with E-state index >= 15 is 0 Å². The van der Waals surface area contributed by atoms with Gasteiger partial charge in [-0.25, -0.2) is 9.97 Å². The molecule has 0 N–H and O–H groups in total. The predicted molar refractivity (Wildman–Crippen MR) is 118 cm³/mol. The van der Waals surface area contributed by atoms with Crippen LogP contribution in [-0.4, -0.2) is 35.6 Å². The van der Waals surface area contributed by atoms with Gasteiger partial charge in [-0.2, -0.15) is 5.26 Å². The standard InChI is InChI=1S/C24H32N4O2/c1-5-18(6-2)15-30-24(29)19(12-25)22-23(28-13-16(3)11-17(4)14-28)27-21-10-8-7-9-20(21)26-22/h7-10,16-19H,5-6,11,13-15H2,1-4H3/t16-,17-,19-/m1/s1.